The molecule has 0 aromatic heterocycles. The second kappa shape index (κ2) is 13.8. The Kier molecular flexibility index (Phi) is 12.3. The summed E-state index contributed by atoms with van der Waals surface area (Å²) in [6, 6.07) is 13.2. The van der Waals surface area contributed by atoms with E-state index in [1.54, 1.807) is 14.2 Å². The molecular formula is C31H51N2O5P. The molecule has 2 aromatic carbocycles. The van der Waals surface area contributed by atoms with Gasteiger partial charge in [-0.15, -0.1) is 0 Å². The van der Waals surface area contributed by atoms with Gasteiger partial charge in [-0.05, 0) is 62.8 Å². The molecule has 1 unspecified atom stereocenters. The zero-order valence-corrected chi connectivity index (χ0v) is 24.5. The second-order valence-electron chi connectivity index (χ2n) is 11.8. The van der Waals surface area contributed by atoms with Crippen LogP contribution in [-0.2, 0) is 9.09 Å². The summed E-state index contributed by atoms with van der Waals surface area (Å²) in [6.45, 7) is 13.9. The van der Waals surface area contributed by atoms with Crippen molar-refractivity contribution >= 4 is 13.4 Å². The van der Waals surface area contributed by atoms with Crippen molar-refractivity contribution in [3.63, 3.8) is 0 Å². The fourth-order valence-electron chi connectivity index (χ4n) is 4.47. The Balaban J connectivity index is 0.00000380. The van der Waals surface area contributed by atoms with Crippen LogP contribution in [0.15, 0.2) is 42.5 Å². The maximum atomic E-state index is 14.1. The highest BCUT2D eigenvalue weighted by Crippen LogP contribution is 2.62. The summed E-state index contributed by atoms with van der Waals surface area (Å²) in [7, 11) is 0.163. The predicted molar refractivity (Wildman–Crippen MR) is 163 cm³/mol. The van der Waals surface area contributed by atoms with Crippen LogP contribution in [0.3, 0.4) is 0 Å². The lowest BCUT2D eigenvalue weighted by molar-refractivity contribution is 0.0919. The number of methoxy groups -OCH3 is 2. The average Bonchev–Trinajstić information content (AvgIpc) is 2.86. The quantitative estimate of drug-likeness (QED) is 0.330. The van der Waals surface area contributed by atoms with Crippen molar-refractivity contribution in [3.8, 4) is 22.6 Å². The van der Waals surface area contributed by atoms with E-state index in [4.69, 9.17) is 14.0 Å². The Morgan fingerprint density at radius 3 is 2.13 bits per heavy atom. The van der Waals surface area contributed by atoms with E-state index in [0.717, 1.165) is 11.1 Å². The highest BCUT2D eigenvalue weighted by molar-refractivity contribution is 7.58. The molecule has 0 bridgehead atoms. The third-order valence-electron chi connectivity index (χ3n) is 6.54. The number of benzene rings is 2. The number of nitrogens with one attached hydrogen (secondary N) is 1. The largest absolute Gasteiger partial charge is 0.493 e. The third-order valence-corrected chi connectivity index (χ3v) is 9.86. The molecule has 1 heterocycles. The first-order valence-corrected chi connectivity index (χ1v) is 14.5. The molecule has 0 spiro atoms. The normalized spacial score (nSPS) is 16.3. The first kappa shape index (κ1) is 34.7. The zero-order chi connectivity index (χ0) is 27.4. The number of amides is 1. The number of nitrogens with zero attached hydrogens (tertiary/aromatic N) is 1. The maximum absolute atomic E-state index is 14.1. The number of carbonyl (C=O) groups is 1. The minimum absolute atomic E-state index is 0. The number of hydrogen-bond acceptors (Lipinski definition) is 5. The smallest absolute Gasteiger partial charge is 0.277 e. The van der Waals surface area contributed by atoms with Crippen molar-refractivity contribution in [2.75, 3.05) is 33.9 Å². The van der Waals surface area contributed by atoms with Crippen LogP contribution in [0.1, 0.15) is 79.6 Å². The molecule has 1 N–H and O–H groups in total. The van der Waals surface area contributed by atoms with Gasteiger partial charge in [0.25, 0.3) is 13.4 Å². The summed E-state index contributed by atoms with van der Waals surface area (Å²) in [6.07, 6.45) is 1.43. The number of rotatable bonds is 8. The van der Waals surface area contributed by atoms with E-state index in [9.17, 15) is 9.36 Å². The van der Waals surface area contributed by atoms with Gasteiger partial charge in [-0.3, -0.25) is 9.36 Å². The highest BCUT2D eigenvalue weighted by Gasteiger charge is 2.45. The van der Waals surface area contributed by atoms with Crippen LogP contribution < -0.4 is 14.8 Å². The number of piperidine rings is 1. The molecule has 0 radical (unpaired) electrons. The van der Waals surface area contributed by atoms with Gasteiger partial charge >= 0.3 is 0 Å². The van der Waals surface area contributed by atoms with Gasteiger partial charge in [0.1, 0.15) is 0 Å². The Morgan fingerprint density at radius 2 is 1.59 bits per heavy atom. The fraction of sp³-hybridized carbons (Fsp3) is 0.581. The van der Waals surface area contributed by atoms with Crippen LogP contribution in [0.4, 0.5) is 0 Å². The van der Waals surface area contributed by atoms with Gasteiger partial charge in [-0.1, -0.05) is 59.9 Å². The summed E-state index contributed by atoms with van der Waals surface area (Å²) >= 11 is 0. The molecule has 3 rings (SSSR count). The molecular weight excluding hydrogens is 511 g/mol. The lowest BCUT2D eigenvalue weighted by atomic mass is 9.99. The minimum Gasteiger partial charge on any atom is -0.493 e. The van der Waals surface area contributed by atoms with E-state index >= 15 is 0 Å². The van der Waals surface area contributed by atoms with E-state index in [0.29, 0.717) is 49.6 Å². The summed E-state index contributed by atoms with van der Waals surface area (Å²) in [4.78, 5) is 13.2. The monoisotopic (exact) mass is 562 g/mol. The van der Waals surface area contributed by atoms with Crippen molar-refractivity contribution in [1.29, 1.82) is 0 Å². The van der Waals surface area contributed by atoms with Gasteiger partial charge in [0.2, 0.25) is 0 Å². The maximum Gasteiger partial charge on any atom is 0.277 e. The summed E-state index contributed by atoms with van der Waals surface area (Å²) in [5, 5.41) is 2.69. The number of hydrogen-bond donors (Lipinski definition) is 1. The van der Waals surface area contributed by atoms with Gasteiger partial charge in [0, 0.05) is 30.3 Å². The van der Waals surface area contributed by atoms with Crippen molar-refractivity contribution in [3.05, 3.63) is 48.0 Å². The molecule has 1 amide bonds. The Bertz CT molecular complexity index is 1130. The summed E-state index contributed by atoms with van der Waals surface area (Å²) in [5.41, 5.74) is 2.24. The van der Waals surface area contributed by atoms with Gasteiger partial charge < -0.3 is 19.3 Å². The lowest BCUT2D eigenvalue weighted by Gasteiger charge is -2.43. The van der Waals surface area contributed by atoms with Crippen molar-refractivity contribution < 1.29 is 23.4 Å². The molecule has 220 valence electrons. The minimum atomic E-state index is -3.05. The second-order valence-corrected chi connectivity index (χ2v) is 15.1. The van der Waals surface area contributed by atoms with E-state index in [1.807, 2.05) is 67.9 Å². The van der Waals surface area contributed by atoms with Crippen LogP contribution >= 0.6 is 7.52 Å². The number of para-hydroxylation sites is 1. The van der Waals surface area contributed by atoms with E-state index in [1.165, 1.54) is 0 Å². The fourth-order valence-corrected chi connectivity index (χ4v) is 7.18. The van der Waals surface area contributed by atoms with Gasteiger partial charge in [-0.2, -0.15) is 0 Å². The molecule has 1 saturated heterocycles. The molecule has 1 atom stereocenters. The molecule has 1 aliphatic heterocycles. The Hall–Kier alpha value is -2.34. The van der Waals surface area contributed by atoms with Crippen molar-refractivity contribution in [1.82, 2.24) is 9.99 Å². The topological polar surface area (TPSA) is 77.1 Å². The van der Waals surface area contributed by atoms with Crippen molar-refractivity contribution in [2.45, 2.75) is 80.4 Å². The molecule has 1 aliphatic rings. The van der Waals surface area contributed by atoms with Gasteiger partial charge in [0.15, 0.2) is 11.5 Å². The molecule has 8 heteroatoms. The number of carbonyl (C=O) groups excluding carboxylic acids is 1. The average molecular weight is 563 g/mol. The molecule has 1 fully saturated rings. The molecule has 7 nitrogen and oxygen atoms in total. The Morgan fingerprint density at radius 1 is 0.974 bits per heavy atom. The third kappa shape index (κ3) is 8.33. The first-order valence-electron chi connectivity index (χ1n) is 12.9. The van der Waals surface area contributed by atoms with E-state index < -0.39 is 12.7 Å². The van der Waals surface area contributed by atoms with Crippen LogP contribution in [-0.4, -0.2) is 55.7 Å². The van der Waals surface area contributed by atoms with Crippen LogP contribution in [0.25, 0.3) is 11.1 Å². The summed E-state index contributed by atoms with van der Waals surface area (Å²) in [5.74, 6) is 1.15. The molecule has 0 saturated carbocycles. The SMILES string of the molecule is C.C.COc1cccc(-c2cccc(C(=O)NC3CCN(P(=O)(OCC(C)(C)C)C(C)(C)C)CC3)c2)c1OC. The van der Waals surface area contributed by atoms with Crippen LogP contribution in [0.5, 0.6) is 11.5 Å². The standard InChI is InChI=1S/C29H43N2O5P.2CH4/c1-28(2,3)20-36-37(33,29(4,5)6)31-17-15-23(16-18-31)30-27(32)22-12-9-11-21(19-22)24-13-10-14-25(34-7)26(24)35-8;;/h9-14,19,23H,15-18,20H2,1-8H3,(H,30,32);2*1H4. The van der Waals surface area contributed by atoms with Gasteiger partial charge in [-0.25, -0.2) is 4.67 Å². The van der Waals surface area contributed by atoms with E-state index in [-0.39, 0.29) is 32.2 Å². The van der Waals surface area contributed by atoms with Crippen LogP contribution in [0, 0.1) is 5.41 Å². The molecule has 2 aromatic rings. The number of ether oxygens (including phenoxy) is 2. The van der Waals surface area contributed by atoms with E-state index in [2.05, 4.69) is 26.1 Å². The van der Waals surface area contributed by atoms with Crippen molar-refractivity contribution in [2.24, 2.45) is 5.41 Å². The van der Waals surface area contributed by atoms with Crippen LogP contribution in [0.2, 0.25) is 0 Å². The van der Waals surface area contributed by atoms with Gasteiger partial charge in [0.05, 0.1) is 26.0 Å². The zero-order valence-electron chi connectivity index (χ0n) is 23.6. The first-order chi connectivity index (χ1) is 17.3. The molecule has 0 aliphatic carbocycles. The predicted octanol–water partition coefficient (Wildman–Crippen LogP) is 7.89. The molecule has 39 heavy (non-hydrogen) atoms. The Labute approximate surface area is 237 Å². The lowest BCUT2D eigenvalue weighted by Crippen LogP contribution is -2.45. The summed E-state index contributed by atoms with van der Waals surface area (Å²) < 4.78 is 33.2. The highest BCUT2D eigenvalue weighted by atomic mass is 31.2.